The molecule has 0 saturated heterocycles. The summed E-state index contributed by atoms with van der Waals surface area (Å²) in [5.74, 6) is 0.716. The van der Waals surface area contributed by atoms with Gasteiger partial charge in [-0.1, -0.05) is 182 Å². The SMILES string of the molecule is c1ccc(-c2ccc3c(c2)C2(c4ccccc4-c4ccccc42)c2cc(-c4cccc(-c5cc(-c6ccccc6)nc(-c6ccccc6)n5)c4)ccc2-3)cc1. The van der Waals surface area contributed by atoms with Crippen LogP contribution >= 0.6 is 0 Å². The molecule has 0 radical (unpaired) electrons. The van der Waals surface area contributed by atoms with E-state index in [4.69, 9.17) is 9.97 Å². The number of fused-ring (bicyclic) bond motifs is 10. The monoisotopic (exact) mass is 698 g/mol. The van der Waals surface area contributed by atoms with Crippen molar-refractivity contribution >= 4 is 0 Å². The molecule has 0 bridgehead atoms. The number of rotatable bonds is 5. The van der Waals surface area contributed by atoms with Crippen LogP contribution in [0.3, 0.4) is 0 Å². The summed E-state index contributed by atoms with van der Waals surface area (Å²) >= 11 is 0. The number of nitrogens with zero attached hydrogens (tertiary/aromatic N) is 2. The zero-order valence-electron chi connectivity index (χ0n) is 30.0. The Morgan fingerprint density at radius 3 is 1.27 bits per heavy atom. The minimum atomic E-state index is -0.446. The van der Waals surface area contributed by atoms with E-state index in [0.29, 0.717) is 5.82 Å². The first kappa shape index (κ1) is 31.4. The van der Waals surface area contributed by atoms with Gasteiger partial charge in [0.1, 0.15) is 0 Å². The van der Waals surface area contributed by atoms with Crippen LogP contribution in [0.4, 0.5) is 0 Å². The molecule has 0 aliphatic heterocycles. The van der Waals surface area contributed by atoms with Crippen molar-refractivity contribution in [3.63, 3.8) is 0 Å². The molecule has 0 unspecified atom stereocenters. The van der Waals surface area contributed by atoms with Crippen LogP contribution in [0.1, 0.15) is 22.3 Å². The quantitative estimate of drug-likeness (QED) is 0.179. The first-order valence-corrected chi connectivity index (χ1v) is 18.9. The second-order valence-electron chi connectivity index (χ2n) is 14.5. The van der Waals surface area contributed by atoms with Gasteiger partial charge in [-0.3, -0.25) is 0 Å². The smallest absolute Gasteiger partial charge is 0.160 e. The zero-order chi connectivity index (χ0) is 36.3. The fourth-order valence-electron chi connectivity index (χ4n) is 9.06. The zero-order valence-corrected chi connectivity index (χ0v) is 30.0. The summed E-state index contributed by atoms with van der Waals surface area (Å²) in [5, 5.41) is 0. The lowest BCUT2D eigenvalue weighted by atomic mass is 9.70. The van der Waals surface area contributed by atoms with E-state index in [1.165, 1.54) is 61.2 Å². The Kier molecular flexibility index (Phi) is 7.11. The van der Waals surface area contributed by atoms with E-state index >= 15 is 0 Å². The van der Waals surface area contributed by atoms with Crippen LogP contribution in [0.25, 0.3) is 78.4 Å². The van der Waals surface area contributed by atoms with Crippen LogP contribution in [0.2, 0.25) is 0 Å². The predicted molar refractivity (Wildman–Crippen MR) is 226 cm³/mol. The summed E-state index contributed by atoms with van der Waals surface area (Å²) in [6.45, 7) is 0. The molecule has 256 valence electrons. The van der Waals surface area contributed by atoms with Crippen LogP contribution in [0, 0.1) is 0 Å². The van der Waals surface area contributed by atoms with Crippen molar-refractivity contribution in [2.75, 3.05) is 0 Å². The molecule has 2 aliphatic carbocycles. The number of hydrogen-bond acceptors (Lipinski definition) is 2. The van der Waals surface area contributed by atoms with Crippen LogP contribution in [0.15, 0.2) is 206 Å². The summed E-state index contributed by atoms with van der Waals surface area (Å²) in [6.07, 6.45) is 0. The third-order valence-corrected chi connectivity index (χ3v) is 11.5. The molecule has 0 fully saturated rings. The van der Waals surface area contributed by atoms with Gasteiger partial charge in [0.2, 0.25) is 0 Å². The average molecular weight is 699 g/mol. The van der Waals surface area contributed by atoms with Crippen molar-refractivity contribution in [1.29, 1.82) is 0 Å². The second kappa shape index (κ2) is 12.5. The molecule has 2 aliphatic rings. The van der Waals surface area contributed by atoms with Gasteiger partial charge in [-0.25, -0.2) is 9.97 Å². The molecule has 9 aromatic rings. The highest BCUT2D eigenvalue weighted by Gasteiger charge is 2.51. The predicted octanol–water partition coefficient (Wildman–Crippen LogP) is 13.2. The molecule has 1 spiro atoms. The Balaban J connectivity index is 1.10. The third-order valence-electron chi connectivity index (χ3n) is 11.5. The molecule has 0 N–H and O–H groups in total. The standard InChI is InChI=1S/C53H34N2/c1-4-15-35(16-5-1)39-27-29-44-45-30-28-40(33-49(45)53(48(44)32-39)46-25-12-10-23-42(46)43-24-11-13-26-47(43)53)38-21-14-22-41(31-38)51-34-50(36-17-6-2-7-18-36)54-52(55-51)37-19-8-3-9-20-37/h1-34H. The van der Waals surface area contributed by atoms with Gasteiger partial charge in [0.15, 0.2) is 5.82 Å². The molecule has 0 atom stereocenters. The Morgan fingerprint density at radius 2 is 0.673 bits per heavy atom. The van der Waals surface area contributed by atoms with Crippen LogP contribution in [0.5, 0.6) is 0 Å². The van der Waals surface area contributed by atoms with Crippen molar-refractivity contribution in [1.82, 2.24) is 9.97 Å². The fourth-order valence-corrected chi connectivity index (χ4v) is 9.06. The first-order chi connectivity index (χ1) is 27.3. The van der Waals surface area contributed by atoms with Crippen molar-refractivity contribution in [3.8, 4) is 78.4 Å². The Morgan fingerprint density at radius 1 is 0.255 bits per heavy atom. The first-order valence-electron chi connectivity index (χ1n) is 18.9. The number of hydrogen-bond donors (Lipinski definition) is 0. The number of benzene rings is 8. The maximum atomic E-state index is 5.15. The second-order valence-corrected chi connectivity index (χ2v) is 14.5. The van der Waals surface area contributed by atoms with Crippen molar-refractivity contribution in [2.24, 2.45) is 0 Å². The van der Waals surface area contributed by atoms with Gasteiger partial charge in [0, 0.05) is 16.7 Å². The maximum Gasteiger partial charge on any atom is 0.160 e. The van der Waals surface area contributed by atoms with Crippen LogP contribution < -0.4 is 0 Å². The van der Waals surface area contributed by atoms with E-state index in [2.05, 4.69) is 182 Å². The Labute approximate surface area is 321 Å². The van der Waals surface area contributed by atoms with Gasteiger partial charge < -0.3 is 0 Å². The van der Waals surface area contributed by atoms with E-state index in [9.17, 15) is 0 Å². The lowest BCUT2D eigenvalue weighted by Crippen LogP contribution is -2.26. The fraction of sp³-hybridized carbons (Fsp3) is 0.0189. The van der Waals surface area contributed by atoms with Crippen molar-refractivity contribution in [2.45, 2.75) is 5.41 Å². The normalized spacial score (nSPS) is 12.9. The summed E-state index contributed by atoms with van der Waals surface area (Å²) in [7, 11) is 0. The molecule has 0 saturated carbocycles. The molecule has 11 rings (SSSR count). The highest BCUT2D eigenvalue weighted by Crippen LogP contribution is 2.63. The van der Waals surface area contributed by atoms with Gasteiger partial charge >= 0.3 is 0 Å². The van der Waals surface area contributed by atoms with Gasteiger partial charge in [0.05, 0.1) is 16.8 Å². The minimum Gasteiger partial charge on any atom is -0.228 e. The van der Waals surface area contributed by atoms with Crippen molar-refractivity contribution < 1.29 is 0 Å². The highest BCUT2D eigenvalue weighted by molar-refractivity contribution is 5.97. The Hall–Kier alpha value is -7.16. The van der Waals surface area contributed by atoms with Crippen molar-refractivity contribution in [3.05, 3.63) is 229 Å². The lowest BCUT2D eigenvalue weighted by Gasteiger charge is -2.31. The van der Waals surface area contributed by atoms with Gasteiger partial charge in [-0.05, 0) is 91.0 Å². The van der Waals surface area contributed by atoms with E-state index < -0.39 is 5.41 Å². The van der Waals surface area contributed by atoms with Gasteiger partial charge in [-0.2, -0.15) is 0 Å². The molecule has 2 heteroatoms. The summed E-state index contributed by atoms with van der Waals surface area (Å²) < 4.78 is 0. The molecular weight excluding hydrogens is 665 g/mol. The van der Waals surface area contributed by atoms with E-state index in [1.807, 2.05) is 24.3 Å². The van der Waals surface area contributed by atoms with Gasteiger partial charge in [-0.15, -0.1) is 0 Å². The molecule has 55 heavy (non-hydrogen) atoms. The van der Waals surface area contributed by atoms with Gasteiger partial charge in [0.25, 0.3) is 0 Å². The van der Waals surface area contributed by atoms with E-state index in [0.717, 1.165) is 33.6 Å². The average Bonchev–Trinajstić information content (AvgIpc) is 3.74. The third kappa shape index (κ3) is 4.89. The Bertz CT molecular complexity index is 2810. The minimum absolute atomic E-state index is 0.446. The summed E-state index contributed by atoms with van der Waals surface area (Å²) in [4.78, 5) is 10.2. The molecule has 2 nitrogen and oxygen atoms in total. The summed E-state index contributed by atoms with van der Waals surface area (Å²) in [6, 6.07) is 74.5. The molecule has 1 aromatic heterocycles. The molecule has 8 aromatic carbocycles. The summed E-state index contributed by atoms with van der Waals surface area (Å²) in [5.41, 5.74) is 19.8. The largest absolute Gasteiger partial charge is 0.228 e. The van der Waals surface area contributed by atoms with Crippen LogP contribution in [-0.2, 0) is 5.41 Å². The molecule has 1 heterocycles. The highest BCUT2D eigenvalue weighted by atomic mass is 14.9. The van der Waals surface area contributed by atoms with E-state index in [-0.39, 0.29) is 0 Å². The molecule has 0 amide bonds. The topological polar surface area (TPSA) is 25.8 Å². The molecular formula is C53H34N2. The van der Waals surface area contributed by atoms with E-state index in [1.54, 1.807) is 0 Å². The number of aromatic nitrogens is 2. The van der Waals surface area contributed by atoms with Crippen LogP contribution in [-0.4, -0.2) is 9.97 Å². The lowest BCUT2D eigenvalue weighted by molar-refractivity contribution is 0.794. The maximum absolute atomic E-state index is 5.15.